The van der Waals surface area contributed by atoms with Gasteiger partial charge in [0.2, 0.25) is 0 Å². The van der Waals surface area contributed by atoms with Crippen molar-refractivity contribution in [1.29, 1.82) is 0 Å². The van der Waals surface area contributed by atoms with Gasteiger partial charge in [0.25, 0.3) is 5.91 Å². The van der Waals surface area contributed by atoms with E-state index in [1.54, 1.807) is 26.0 Å². The van der Waals surface area contributed by atoms with Crippen LogP contribution in [0.5, 0.6) is 5.75 Å². The zero-order chi connectivity index (χ0) is 14.9. The van der Waals surface area contributed by atoms with Gasteiger partial charge in [0.15, 0.2) is 0 Å². The zero-order valence-corrected chi connectivity index (χ0v) is 11.2. The van der Waals surface area contributed by atoms with E-state index in [4.69, 9.17) is 5.73 Å². The molecule has 0 bridgehead atoms. The minimum Gasteiger partial charge on any atom is -0.508 e. The lowest BCUT2D eigenvalue weighted by Gasteiger charge is -2.09. The van der Waals surface area contributed by atoms with Crippen LogP contribution in [0.3, 0.4) is 0 Å². The van der Waals surface area contributed by atoms with Gasteiger partial charge in [-0.25, -0.2) is 4.39 Å². The minimum atomic E-state index is -0.610. The number of benzene rings is 2. The second kappa shape index (κ2) is 5.21. The lowest BCUT2D eigenvalue weighted by molar-refractivity contribution is 0.102. The number of aromatic hydroxyl groups is 1. The SMILES string of the molecule is Cc1ccc(NC(=O)c2cc(N)cc(C)c2F)cc1O. The Morgan fingerprint density at radius 1 is 1.20 bits per heavy atom. The van der Waals surface area contributed by atoms with Crippen molar-refractivity contribution >= 4 is 17.3 Å². The summed E-state index contributed by atoms with van der Waals surface area (Å²) in [6, 6.07) is 7.44. The minimum absolute atomic E-state index is 0.0621. The van der Waals surface area contributed by atoms with Crippen molar-refractivity contribution in [3.05, 3.63) is 52.8 Å². The smallest absolute Gasteiger partial charge is 0.258 e. The number of hydrogen-bond donors (Lipinski definition) is 3. The number of carbonyl (C=O) groups excluding carboxylic acids is 1. The van der Waals surface area contributed by atoms with Crippen LogP contribution in [0.15, 0.2) is 30.3 Å². The Bertz CT molecular complexity index is 684. The number of amides is 1. The van der Waals surface area contributed by atoms with Gasteiger partial charge >= 0.3 is 0 Å². The molecule has 2 aromatic carbocycles. The summed E-state index contributed by atoms with van der Waals surface area (Å²) in [6.45, 7) is 3.28. The van der Waals surface area contributed by atoms with Gasteiger partial charge in [-0.3, -0.25) is 4.79 Å². The van der Waals surface area contributed by atoms with E-state index in [9.17, 15) is 14.3 Å². The standard InChI is InChI=1S/C15H15FN2O2/c1-8-3-4-11(7-13(8)19)18-15(20)12-6-10(17)5-9(2)14(12)16/h3-7,19H,17H2,1-2H3,(H,18,20). The highest BCUT2D eigenvalue weighted by Gasteiger charge is 2.15. The molecule has 0 aliphatic rings. The van der Waals surface area contributed by atoms with E-state index in [0.717, 1.165) is 0 Å². The largest absolute Gasteiger partial charge is 0.508 e. The van der Waals surface area contributed by atoms with E-state index in [2.05, 4.69) is 5.32 Å². The third-order valence-corrected chi connectivity index (χ3v) is 2.99. The first-order chi connectivity index (χ1) is 9.38. The third kappa shape index (κ3) is 2.71. The normalized spacial score (nSPS) is 10.3. The predicted molar refractivity (Wildman–Crippen MR) is 76.3 cm³/mol. The molecule has 0 aliphatic heterocycles. The highest BCUT2D eigenvalue weighted by atomic mass is 19.1. The number of anilines is 2. The molecule has 4 N–H and O–H groups in total. The van der Waals surface area contributed by atoms with E-state index in [-0.39, 0.29) is 11.3 Å². The second-order valence-corrected chi connectivity index (χ2v) is 4.65. The fraction of sp³-hybridized carbons (Fsp3) is 0.133. The van der Waals surface area contributed by atoms with E-state index in [1.165, 1.54) is 18.2 Å². The topological polar surface area (TPSA) is 75.4 Å². The molecule has 104 valence electrons. The average Bonchev–Trinajstić information content (AvgIpc) is 2.38. The molecule has 0 radical (unpaired) electrons. The van der Waals surface area contributed by atoms with Crippen LogP contribution in [0.4, 0.5) is 15.8 Å². The number of carbonyl (C=O) groups is 1. The van der Waals surface area contributed by atoms with Crippen molar-refractivity contribution < 1.29 is 14.3 Å². The maximum atomic E-state index is 13.9. The highest BCUT2D eigenvalue weighted by Crippen LogP contribution is 2.23. The summed E-state index contributed by atoms with van der Waals surface area (Å²) in [5.41, 5.74) is 7.20. The van der Waals surface area contributed by atoms with Crippen LogP contribution < -0.4 is 11.1 Å². The fourth-order valence-corrected chi connectivity index (χ4v) is 1.85. The molecule has 0 aromatic heterocycles. The number of rotatable bonds is 2. The van der Waals surface area contributed by atoms with Gasteiger partial charge in [0.1, 0.15) is 11.6 Å². The van der Waals surface area contributed by atoms with Gasteiger partial charge in [-0.1, -0.05) is 6.07 Å². The first-order valence-corrected chi connectivity index (χ1v) is 6.05. The van der Waals surface area contributed by atoms with Gasteiger partial charge in [0, 0.05) is 17.4 Å². The first-order valence-electron chi connectivity index (χ1n) is 6.05. The Kier molecular flexibility index (Phi) is 3.61. The van der Waals surface area contributed by atoms with Crippen molar-refractivity contribution in [2.45, 2.75) is 13.8 Å². The molecule has 2 rings (SSSR count). The molecular weight excluding hydrogens is 259 g/mol. The van der Waals surface area contributed by atoms with Crippen LogP contribution in [0, 0.1) is 19.7 Å². The van der Waals surface area contributed by atoms with Crippen LogP contribution >= 0.6 is 0 Å². The number of phenols is 1. The van der Waals surface area contributed by atoms with Crippen molar-refractivity contribution in [1.82, 2.24) is 0 Å². The number of nitrogens with two attached hydrogens (primary N) is 1. The van der Waals surface area contributed by atoms with Gasteiger partial charge in [-0.15, -0.1) is 0 Å². The van der Waals surface area contributed by atoms with Crippen molar-refractivity contribution in [3.8, 4) is 5.75 Å². The third-order valence-electron chi connectivity index (χ3n) is 2.99. The van der Waals surface area contributed by atoms with Gasteiger partial charge in [0.05, 0.1) is 5.56 Å². The number of phenolic OH excluding ortho intramolecular Hbond substituents is 1. The predicted octanol–water partition coefficient (Wildman–Crippen LogP) is 2.98. The van der Waals surface area contributed by atoms with Crippen LogP contribution in [-0.4, -0.2) is 11.0 Å². The quantitative estimate of drug-likeness (QED) is 0.737. The summed E-state index contributed by atoms with van der Waals surface area (Å²) in [5, 5.41) is 12.1. The molecular formula is C15H15FN2O2. The maximum Gasteiger partial charge on any atom is 0.258 e. The molecule has 5 heteroatoms. The van der Waals surface area contributed by atoms with Crippen molar-refractivity contribution in [3.63, 3.8) is 0 Å². The maximum absolute atomic E-state index is 13.9. The van der Waals surface area contributed by atoms with E-state index < -0.39 is 11.7 Å². The molecule has 0 aliphatic carbocycles. The Balaban J connectivity index is 2.30. The molecule has 0 heterocycles. The summed E-state index contributed by atoms with van der Waals surface area (Å²) in [4.78, 5) is 12.0. The molecule has 0 unspecified atom stereocenters. The second-order valence-electron chi connectivity index (χ2n) is 4.65. The number of aryl methyl sites for hydroxylation is 2. The molecule has 4 nitrogen and oxygen atoms in total. The Hall–Kier alpha value is -2.56. The van der Waals surface area contributed by atoms with E-state index in [1.807, 2.05) is 0 Å². The van der Waals surface area contributed by atoms with E-state index in [0.29, 0.717) is 22.5 Å². The summed E-state index contributed by atoms with van der Waals surface area (Å²) in [5.74, 6) is -1.15. The van der Waals surface area contributed by atoms with Gasteiger partial charge in [-0.2, -0.15) is 0 Å². The summed E-state index contributed by atoms with van der Waals surface area (Å²) >= 11 is 0. The van der Waals surface area contributed by atoms with Gasteiger partial charge in [-0.05, 0) is 43.2 Å². The van der Waals surface area contributed by atoms with Crippen LogP contribution in [0.1, 0.15) is 21.5 Å². The number of nitrogens with one attached hydrogen (secondary N) is 1. The molecule has 0 fully saturated rings. The molecule has 0 atom stereocenters. The van der Waals surface area contributed by atoms with Crippen molar-refractivity contribution in [2.24, 2.45) is 0 Å². The molecule has 1 amide bonds. The van der Waals surface area contributed by atoms with Crippen LogP contribution in [-0.2, 0) is 0 Å². The number of halogens is 1. The Morgan fingerprint density at radius 3 is 2.55 bits per heavy atom. The van der Waals surface area contributed by atoms with Gasteiger partial charge < -0.3 is 16.2 Å². The van der Waals surface area contributed by atoms with Crippen LogP contribution in [0.25, 0.3) is 0 Å². The monoisotopic (exact) mass is 274 g/mol. The van der Waals surface area contributed by atoms with Crippen LogP contribution in [0.2, 0.25) is 0 Å². The highest BCUT2D eigenvalue weighted by molar-refractivity contribution is 6.05. The number of hydrogen-bond acceptors (Lipinski definition) is 3. The molecule has 0 saturated heterocycles. The zero-order valence-electron chi connectivity index (χ0n) is 11.2. The summed E-state index contributed by atoms with van der Waals surface area (Å²) in [7, 11) is 0. The summed E-state index contributed by atoms with van der Waals surface area (Å²) in [6.07, 6.45) is 0. The lowest BCUT2D eigenvalue weighted by Crippen LogP contribution is -2.15. The molecule has 0 spiro atoms. The Labute approximate surface area is 116 Å². The fourth-order valence-electron chi connectivity index (χ4n) is 1.85. The molecule has 20 heavy (non-hydrogen) atoms. The first kappa shape index (κ1) is 13.9. The van der Waals surface area contributed by atoms with Crippen molar-refractivity contribution in [2.75, 3.05) is 11.1 Å². The number of nitrogen functional groups attached to an aromatic ring is 1. The lowest BCUT2D eigenvalue weighted by atomic mass is 10.1. The summed E-state index contributed by atoms with van der Waals surface area (Å²) < 4.78 is 13.9. The molecule has 2 aromatic rings. The van der Waals surface area contributed by atoms with E-state index >= 15 is 0 Å². The average molecular weight is 274 g/mol. The molecule has 0 saturated carbocycles. The Morgan fingerprint density at radius 2 is 1.90 bits per heavy atom.